The standard InChI is InChI=1S/C18H14BrN3O5/c1-10(23)27-16-11(7-12(19)8-15(16)26-2)9-20-22-17(24)13-5-3-4-6-14(13)21-18(22)25/h3-9H,1-2H3,(H,21,25). The van der Waals surface area contributed by atoms with Crippen LogP contribution in [0.1, 0.15) is 12.5 Å². The number of H-pyrrole nitrogens is 1. The molecule has 0 aliphatic heterocycles. The summed E-state index contributed by atoms with van der Waals surface area (Å²) in [4.78, 5) is 38.7. The third-order valence-electron chi connectivity index (χ3n) is 3.61. The van der Waals surface area contributed by atoms with E-state index in [2.05, 4.69) is 26.0 Å². The molecule has 0 aliphatic rings. The van der Waals surface area contributed by atoms with Gasteiger partial charge in [0, 0.05) is 17.0 Å². The maximum atomic E-state index is 12.5. The van der Waals surface area contributed by atoms with Crippen molar-refractivity contribution in [1.29, 1.82) is 0 Å². The van der Waals surface area contributed by atoms with Gasteiger partial charge in [-0.1, -0.05) is 28.1 Å². The fourth-order valence-electron chi connectivity index (χ4n) is 2.47. The van der Waals surface area contributed by atoms with E-state index in [1.54, 1.807) is 36.4 Å². The van der Waals surface area contributed by atoms with Crippen molar-refractivity contribution in [3.8, 4) is 11.5 Å². The molecule has 1 heterocycles. The number of nitrogens with one attached hydrogen (secondary N) is 1. The molecule has 3 aromatic rings. The van der Waals surface area contributed by atoms with E-state index < -0.39 is 17.2 Å². The Kier molecular flexibility index (Phi) is 5.22. The SMILES string of the molecule is COc1cc(Br)cc(C=Nn2c(=O)[nH]c3ccccc3c2=O)c1OC(C)=O. The van der Waals surface area contributed by atoms with E-state index in [0.29, 0.717) is 31.4 Å². The molecule has 3 rings (SSSR count). The zero-order valence-corrected chi connectivity index (χ0v) is 15.9. The fraction of sp³-hybridized carbons (Fsp3) is 0.111. The summed E-state index contributed by atoms with van der Waals surface area (Å²) in [5, 5.41) is 4.30. The van der Waals surface area contributed by atoms with E-state index in [1.807, 2.05) is 0 Å². The van der Waals surface area contributed by atoms with Gasteiger partial charge >= 0.3 is 11.7 Å². The van der Waals surface area contributed by atoms with Crippen molar-refractivity contribution in [2.45, 2.75) is 6.92 Å². The van der Waals surface area contributed by atoms with Gasteiger partial charge in [0.15, 0.2) is 11.5 Å². The first-order chi connectivity index (χ1) is 12.9. The monoisotopic (exact) mass is 431 g/mol. The Morgan fingerprint density at radius 2 is 2.00 bits per heavy atom. The van der Waals surface area contributed by atoms with E-state index in [1.165, 1.54) is 20.2 Å². The van der Waals surface area contributed by atoms with Crippen LogP contribution in [0.25, 0.3) is 10.9 Å². The number of benzene rings is 2. The third-order valence-corrected chi connectivity index (χ3v) is 4.07. The van der Waals surface area contributed by atoms with E-state index in [4.69, 9.17) is 9.47 Å². The van der Waals surface area contributed by atoms with Gasteiger partial charge in [0.2, 0.25) is 0 Å². The molecule has 1 aromatic heterocycles. The summed E-state index contributed by atoms with van der Waals surface area (Å²) in [6, 6.07) is 9.85. The van der Waals surface area contributed by atoms with Crippen LogP contribution in [0.15, 0.2) is 55.6 Å². The Balaban J connectivity index is 2.16. The van der Waals surface area contributed by atoms with Gasteiger partial charge in [0.05, 0.1) is 24.2 Å². The first kappa shape index (κ1) is 18.6. The highest BCUT2D eigenvalue weighted by Gasteiger charge is 2.14. The summed E-state index contributed by atoms with van der Waals surface area (Å²) < 4.78 is 11.7. The van der Waals surface area contributed by atoms with Crippen LogP contribution >= 0.6 is 15.9 Å². The molecule has 27 heavy (non-hydrogen) atoms. The van der Waals surface area contributed by atoms with Crippen LogP contribution < -0.4 is 20.7 Å². The molecule has 0 unspecified atom stereocenters. The van der Waals surface area contributed by atoms with Gasteiger partial charge in [-0.05, 0) is 24.3 Å². The number of para-hydroxylation sites is 1. The minimum atomic E-state index is -0.689. The molecular weight excluding hydrogens is 418 g/mol. The molecule has 1 N–H and O–H groups in total. The van der Waals surface area contributed by atoms with Crippen LogP contribution in [-0.2, 0) is 4.79 Å². The molecule has 0 radical (unpaired) electrons. The average molecular weight is 432 g/mol. The number of hydrogen-bond donors (Lipinski definition) is 1. The van der Waals surface area contributed by atoms with Crippen molar-refractivity contribution in [2.24, 2.45) is 5.10 Å². The molecule has 0 fully saturated rings. The van der Waals surface area contributed by atoms with Crippen molar-refractivity contribution in [1.82, 2.24) is 9.66 Å². The van der Waals surface area contributed by atoms with E-state index in [-0.39, 0.29) is 5.75 Å². The highest BCUT2D eigenvalue weighted by atomic mass is 79.9. The second-order valence-corrected chi connectivity index (χ2v) is 6.37. The predicted octanol–water partition coefficient (Wildman–Crippen LogP) is 2.27. The number of ether oxygens (including phenoxy) is 2. The second-order valence-electron chi connectivity index (χ2n) is 5.46. The van der Waals surface area contributed by atoms with Crippen LogP contribution in [0, 0.1) is 0 Å². The van der Waals surface area contributed by atoms with Crippen LogP contribution in [0.3, 0.4) is 0 Å². The largest absolute Gasteiger partial charge is 0.493 e. The maximum absolute atomic E-state index is 12.5. The molecule has 2 aromatic carbocycles. The highest BCUT2D eigenvalue weighted by molar-refractivity contribution is 9.10. The first-order valence-electron chi connectivity index (χ1n) is 7.75. The Bertz CT molecular complexity index is 1180. The van der Waals surface area contributed by atoms with Crippen LogP contribution in [0.2, 0.25) is 0 Å². The molecule has 0 saturated carbocycles. The van der Waals surface area contributed by atoms with E-state index in [0.717, 1.165) is 0 Å². The number of aromatic amines is 1. The number of hydrogen-bond acceptors (Lipinski definition) is 6. The molecule has 0 amide bonds. The maximum Gasteiger partial charge on any atom is 0.349 e. The third kappa shape index (κ3) is 3.82. The zero-order valence-electron chi connectivity index (χ0n) is 14.4. The summed E-state index contributed by atoms with van der Waals surface area (Å²) in [7, 11) is 1.42. The normalized spacial score (nSPS) is 11.1. The van der Waals surface area contributed by atoms with Crippen molar-refractivity contribution in [3.05, 3.63) is 67.3 Å². The lowest BCUT2D eigenvalue weighted by Gasteiger charge is -2.11. The molecule has 0 aliphatic carbocycles. The number of carbonyl (C=O) groups excluding carboxylic acids is 1. The lowest BCUT2D eigenvalue weighted by atomic mass is 10.2. The molecule has 9 heteroatoms. The molecule has 138 valence electrons. The number of aromatic nitrogens is 2. The molecule has 8 nitrogen and oxygen atoms in total. The van der Waals surface area contributed by atoms with Gasteiger partial charge in [-0.25, -0.2) is 4.79 Å². The Morgan fingerprint density at radius 1 is 1.26 bits per heavy atom. The van der Waals surface area contributed by atoms with Crippen LogP contribution in [-0.4, -0.2) is 29.0 Å². The quantitative estimate of drug-likeness (QED) is 0.387. The zero-order chi connectivity index (χ0) is 19.6. The van der Waals surface area contributed by atoms with Gasteiger partial charge in [-0.15, -0.1) is 4.68 Å². The number of methoxy groups -OCH3 is 1. The highest BCUT2D eigenvalue weighted by Crippen LogP contribution is 2.34. The lowest BCUT2D eigenvalue weighted by Crippen LogP contribution is -2.32. The summed E-state index contributed by atoms with van der Waals surface area (Å²) in [6.45, 7) is 1.25. The number of nitrogens with zero attached hydrogens (tertiary/aromatic N) is 2. The van der Waals surface area contributed by atoms with Crippen molar-refractivity contribution in [3.63, 3.8) is 0 Å². The van der Waals surface area contributed by atoms with Crippen molar-refractivity contribution in [2.75, 3.05) is 7.11 Å². The first-order valence-corrected chi connectivity index (χ1v) is 8.54. The number of rotatable bonds is 4. The van der Waals surface area contributed by atoms with E-state index in [9.17, 15) is 14.4 Å². The number of fused-ring (bicyclic) bond motifs is 1. The Labute approximate surface area is 161 Å². The summed E-state index contributed by atoms with van der Waals surface area (Å²) in [5.74, 6) is -0.131. The molecule has 0 saturated heterocycles. The average Bonchev–Trinajstić information content (AvgIpc) is 2.62. The predicted molar refractivity (Wildman–Crippen MR) is 104 cm³/mol. The van der Waals surface area contributed by atoms with Gasteiger partial charge in [0.1, 0.15) is 0 Å². The molecule has 0 bridgehead atoms. The summed E-state index contributed by atoms with van der Waals surface area (Å²) in [5.41, 5.74) is -0.493. The van der Waals surface area contributed by atoms with Crippen molar-refractivity contribution < 1.29 is 14.3 Å². The van der Waals surface area contributed by atoms with Gasteiger partial charge in [-0.2, -0.15) is 5.10 Å². The van der Waals surface area contributed by atoms with Crippen LogP contribution in [0.4, 0.5) is 0 Å². The van der Waals surface area contributed by atoms with Crippen molar-refractivity contribution >= 4 is 39.0 Å². The summed E-state index contributed by atoms with van der Waals surface area (Å²) >= 11 is 3.32. The minimum absolute atomic E-state index is 0.127. The summed E-state index contributed by atoms with van der Waals surface area (Å²) in [6.07, 6.45) is 1.25. The Morgan fingerprint density at radius 3 is 2.70 bits per heavy atom. The molecular formula is C18H14BrN3O5. The number of carbonyl (C=O) groups is 1. The second kappa shape index (κ2) is 7.58. The van der Waals surface area contributed by atoms with Gasteiger partial charge in [-0.3, -0.25) is 9.59 Å². The number of halogens is 1. The minimum Gasteiger partial charge on any atom is -0.493 e. The van der Waals surface area contributed by atoms with E-state index >= 15 is 0 Å². The topological polar surface area (TPSA) is 103 Å². The Hall–Kier alpha value is -3.20. The van der Waals surface area contributed by atoms with Gasteiger partial charge in [0.25, 0.3) is 5.56 Å². The lowest BCUT2D eigenvalue weighted by molar-refractivity contribution is -0.132. The van der Waals surface area contributed by atoms with Crippen LogP contribution in [0.5, 0.6) is 11.5 Å². The fourth-order valence-corrected chi connectivity index (χ4v) is 2.92. The smallest absolute Gasteiger partial charge is 0.349 e. The molecule has 0 atom stereocenters. The van der Waals surface area contributed by atoms with Gasteiger partial charge < -0.3 is 14.5 Å². The molecule has 0 spiro atoms. The number of esters is 1.